The van der Waals surface area contributed by atoms with E-state index in [0.717, 1.165) is 57.8 Å². The van der Waals surface area contributed by atoms with Gasteiger partial charge in [0.1, 0.15) is 0 Å². The Bertz CT molecular complexity index is 863. The quantitative estimate of drug-likeness (QED) is 0.0323. The lowest BCUT2D eigenvalue weighted by Crippen LogP contribution is -2.45. The van der Waals surface area contributed by atoms with Crippen LogP contribution in [-0.4, -0.2) is 47.4 Å². The molecule has 0 aliphatic heterocycles. The van der Waals surface area contributed by atoms with E-state index in [1.807, 2.05) is 0 Å². The minimum Gasteiger partial charge on any atom is -0.466 e. The Morgan fingerprint density at radius 2 is 0.810 bits per heavy atom. The van der Waals surface area contributed by atoms with Gasteiger partial charge in [0.05, 0.1) is 25.4 Å². The molecule has 58 heavy (non-hydrogen) atoms. The van der Waals surface area contributed by atoms with E-state index in [4.69, 9.17) is 4.74 Å². The Morgan fingerprint density at radius 1 is 0.466 bits per heavy atom. The molecule has 1 amide bonds. The summed E-state index contributed by atoms with van der Waals surface area (Å²) in [5.41, 5.74) is 0. The molecule has 6 heteroatoms. The molecule has 0 aliphatic rings. The molecule has 0 saturated heterocycles. The van der Waals surface area contributed by atoms with E-state index in [0.29, 0.717) is 25.9 Å². The summed E-state index contributed by atoms with van der Waals surface area (Å²) in [5.74, 6) is -0.0952. The molecule has 0 fully saturated rings. The number of amides is 1. The van der Waals surface area contributed by atoms with Crippen molar-refractivity contribution in [1.29, 1.82) is 0 Å². The number of rotatable bonds is 48. The number of aliphatic hydroxyl groups excluding tert-OH is 2. The lowest BCUT2D eigenvalue weighted by Gasteiger charge is -2.22. The van der Waals surface area contributed by atoms with Crippen LogP contribution in [-0.2, 0) is 14.3 Å². The fourth-order valence-electron chi connectivity index (χ4n) is 8.05. The number of nitrogens with one attached hydrogen (secondary N) is 1. The maximum atomic E-state index is 12.5. The van der Waals surface area contributed by atoms with E-state index < -0.39 is 12.1 Å². The summed E-state index contributed by atoms with van der Waals surface area (Å²) in [6.45, 7) is 4.87. The zero-order chi connectivity index (χ0) is 42.3. The van der Waals surface area contributed by atoms with Gasteiger partial charge in [0, 0.05) is 12.8 Å². The van der Waals surface area contributed by atoms with Crippen molar-refractivity contribution >= 4 is 11.9 Å². The first kappa shape index (κ1) is 56.6. The first-order valence-electron chi connectivity index (χ1n) is 25.9. The molecule has 0 spiro atoms. The van der Waals surface area contributed by atoms with Gasteiger partial charge >= 0.3 is 5.97 Å². The molecular formula is C52H101NO5. The summed E-state index contributed by atoms with van der Waals surface area (Å²) in [6, 6.07) is -0.561. The molecule has 3 N–H and O–H groups in total. The van der Waals surface area contributed by atoms with E-state index in [-0.39, 0.29) is 18.5 Å². The summed E-state index contributed by atoms with van der Waals surface area (Å²) in [7, 11) is 0. The molecule has 0 aliphatic carbocycles. The molecule has 2 atom stereocenters. The molecule has 0 aromatic carbocycles. The van der Waals surface area contributed by atoms with E-state index >= 15 is 0 Å². The highest BCUT2D eigenvalue weighted by molar-refractivity contribution is 5.76. The van der Waals surface area contributed by atoms with E-state index in [1.54, 1.807) is 0 Å². The van der Waals surface area contributed by atoms with Crippen LogP contribution in [0.25, 0.3) is 0 Å². The number of allylic oxidation sites excluding steroid dienone is 2. The predicted molar refractivity (Wildman–Crippen MR) is 250 cm³/mol. The normalized spacial score (nSPS) is 12.7. The highest BCUT2D eigenvalue weighted by Gasteiger charge is 2.20. The molecule has 0 rings (SSSR count). The van der Waals surface area contributed by atoms with Gasteiger partial charge in [-0.3, -0.25) is 9.59 Å². The topological polar surface area (TPSA) is 95.9 Å². The minimum atomic E-state index is -0.682. The van der Waals surface area contributed by atoms with Crippen molar-refractivity contribution < 1.29 is 24.5 Å². The van der Waals surface area contributed by atoms with Crippen LogP contribution >= 0.6 is 0 Å². The molecular weight excluding hydrogens is 719 g/mol. The third kappa shape index (κ3) is 44.2. The predicted octanol–water partition coefficient (Wildman–Crippen LogP) is 15.3. The standard InChI is InChI=1S/C52H101NO5/c1-3-5-7-9-11-13-15-17-18-19-20-21-22-23-24-25-28-32-36-40-44-50(55)49(48-54)53-51(56)45-41-37-33-29-27-31-35-39-43-47-58-52(57)46-42-38-34-30-26-16-14-12-10-8-6-4-2/h12,14,49-50,54-55H,3-11,13,15-48H2,1-2H3,(H,53,56)/b14-12-. The smallest absolute Gasteiger partial charge is 0.305 e. The van der Waals surface area contributed by atoms with Gasteiger partial charge in [-0.2, -0.15) is 0 Å². The van der Waals surface area contributed by atoms with Gasteiger partial charge in [-0.15, -0.1) is 0 Å². The monoisotopic (exact) mass is 820 g/mol. The minimum absolute atomic E-state index is 0.0343. The third-order valence-corrected chi connectivity index (χ3v) is 12.1. The molecule has 0 bridgehead atoms. The van der Waals surface area contributed by atoms with Gasteiger partial charge in [-0.1, -0.05) is 231 Å². The Balaban J connectivity index is 3.49. The number of hydrogen-bond acceptors (Lipinski definition) is 5. The zero-order valence-corrected chi connectivity index (χ0v) is 39.0. The molecule has 0 saturated carbocycles. The maximum Gasteiger partial charge on any atom is 0.305 e. The lowest BCUT2D eigenvalue weighted by atomic mass is 10.0. The van der Waals surface area contributed by atoms with Crippen molar-refractivity contribution in [1.82, 2.24) is 5.32 Å². The summed E-state index contributed by atoms with van der Waals surface area (Å²) in [5, 5.41) is 23.3. The second-order valence-electron chi connectivity index (χ2n) is 17.9. The number of aliphatic hydroxyl groups is 2. The van der Waals surface area contributed by atoms with Crippen LogP contribution in [0.3, 0.4) is 0 Å². The average molecular weight is 820 g/mol. The molecule has 344 valence electrons. The Labute approximate surface area is 361 Å². The van der Waals surface area contributed by atoms with Crippen molar-refractivity contribution in [2.24, 2.45) is 0 Å². The largest absolute Gasteiger partial charge is 0.466 e. The van der Waals surface area contributed by atoms with Crippen LogP contribution in [0.5, 0.6) is 0 Å². The van der Waals surface area contributed by atoms with Crippen molar-refractivity contribution in [3.05, 3.63) is 12.2 Å². The second-order valence-corrected chi connectivity index (χ2v) is 17.9. The van der Waals surface area contributed by atoms with E-state index in [1.165, 1.54) is 193 Å². The molecule has 0 aromatic heterocycles. The highest BCUT2D eigenvalue weighted by atomic mass is 16.5. The van der Waals surface area contributed by atoms with Gasteiger partial charge in [0.25, 0.3) is 0 Å². The zero-order valence-electron chi connectivity index (χ0n) is 39.0. The third-order valence-electron chi connectivity index (χ3n) is 12.1. The first-order valence-corrected chi connectivity index (χ1v) is 25.9. The lowest BCUT2D eigenvalue weighted by molar-refractivity contribution is -0.143. The van der Waals surface area contributed by atoms with Crippen LogP contribution in [0.1, 0.15) is 284 Å². The van der Waals surface area contributed by atoms with Crippen LogP contribution in [0, 0.1) is 0 Å². The molecule has 0 aromatic rings. The highest BCUT2D eigenvalue weighted by Crippen LogP contribution is 2.17. The van der Waals surface area contributed by atoms with Crippen molar-refractivity contribution in [2.45, 2.75) is 296 Å². The molecule has 6 nitrogen and oxygen atoms in total. The number of ether oxygens (including phenoxy) is 1. The van der Waals surface area contributed by atoms with Crippen molar-refractivity contribution in [3.8, 4) is 0 Å². The SMILES string of the molecule is CCCCC/C=C\CCCCCCCC(=O)OCCCCCCCCCCCC(=O)NC(CO)C(O)CCCCCCCCCCCCCCCCCCCCCC. The van der Waals surface area contributed by atoms with Gasteiger partial charge in [-0.25, -0.2) is 0 Å². The van der Waals surface area contributed by atoms with E-state index in [2.05, 4.69) is 31.3 Å². The van der Waals surface area contributed by atoms with Gasteiger partial charge < -0.3 is 20.3 Å². The molecule has 0 heterocycles. The number of esters is 1. The number of hydrogen-bond donors (Lipinski definition) is 3. The van der Waals surface area contributed by atoms with Crippen molar-refractivity contribution in [3.63, 3.8) is 0 Å². The number of carbonyl (C=O) groups excluding carboxylic acids is 2. The van der Waals surface area contributed by atoms with Gasteiger partial charge in [-0.05, 0) is 51.4 Å². The summed E-state index contributed by atoms with van der Waals surface area (Å²) >= 11 is 0. The Morgan fingerprint density at radius 3 is 1.26 bits per heavy atom. The van der Waals surface area contributed by atoms with Crippen LogP contribution in [0.15, 0.2) is 12.2 Å². The van der Waals surface area contributed by atoms with Gasteiger partial charge in [0.15, 0.2) is 0 Å². The summed E-state index contributed by atoms with van der Waals surface area (Å²) in [4.78, 5) is 24.5. The average Bonchev–Trinajstić information content (AvgIpc) is 3.22. The fraction of sp³-hybridized carbons (Fsp3) is 0.923. The van der Waals surface area contributed by atoms with Crippen LogP contribution in [0.4, 0.5) is 0 Å². The van der Waals surface area contributed by atoms with E-state index in [9.17, 15) is 19.8 Å². The Hall–Kier alpha value is -1.40. The molecule has 0 radical (unpaired) electrons. The van der Waals surface area contributed by atoms with Crippen LogP contribution in [0.2, 0.25) is 0 Å². The van der Waals surface area contributed by atoms with Crippen LogP contribution < -0.4 is 5.32 Å². The maximum absolute atomic E-state index is 12.5. The second kappa shape index (κ2) is 48.3. The molecule has 2 unspecified atom stereocenters. The fourth-order valence-corrected chi connectivity index (χ4v) is 8.05. The number of carbonyl (C=O) groups is 2. The summed E-state index contributed by atoms with van der Waals surface area (Å²) < 4.78 is 5.43. The Kier molecular flexibility index (Phi) is 47.1. The van der Waals surface area contributed by atoms with Gasteiger partial charge in [0.2, 0.25) is 5.91 Å². The van der Waals surface area contributed by atoms with Crippen molar-refractivity contribution in [2.75, 3.05) is 13.2 Å². The number of unbranched alkanes of at least 4 members (excludes halogenated alkanes) is 35. The first-order chi connectivity index (χ1) is 28.5. The summed E-state index contributed by atoms with van der Waals surface area (Å²) in [6.07, 6.45) is 54.6.